The largest absolute Gasteiger partial charge is 1.00 e. The quantitative estimate of drug-likeness (QED) is 0.568. The van der Waals surface area contributed by atoms with Crippen LogP contribution >= 0.6 is 8.60 Å². The van der Waals surface area contributed by atoms with Gasteiger partial charge in [0.25, 0.3) is 0 Å². The first-order valence-electron chi connectivity index (χ1n) is 4.78. The van der Waals surface area contributed by atoms with E-state index in [4.69, 9.17) is 9.05 Å². The molecule has 0 unspecified atom stereocenters. The van der Waals surface area contributed by atoms with Crippen LogP contribution in [0, 0.1) is 0 Å². The van der Waals surface area contributed by atoms with Gasteiger partial charge in [0.05, 0.1) is 0 Å². The van der Waals surface area contributed by atoms with Gasteiger partial charge in [0, 0.05) is 0 Å². The van der Waals surface area contributed by atoms with Crippen molar-refractivity contribution >= 4 is 8.60 Å². The smallest absolute Gasteiger partial charge is 0.765 e. The van der Waals surface area contributed by atoms with Crippen molar-refractivity contribution in [3.63, 3.8) is 0 Å². The van der Waals surface area contributed by atoms with Crippen molar-refractivity contribution in [3.8, 4) is 11.5 Å². The summed E-state index contributed by atoms with van der Waals surface area (Å²) in [6.07, 6.45) is 0. The Morgan fingerprint density at radius 3 is 1.41 bits per heavy atom. The molecule has 2 rings (SSSR count). The Morgan fingerprint density at radius 2 is 1.06 bits per heavy atom. The first-order chi connectivity index (χ1) is 7.84. The summed E-state index contributed by atoms with van der Waals surface area (Å²) < 4.78 is 10.2. The molecule has 0 bridgehead atoms. The van der Waals surface area contributed by atoms with Gasteiger partial charge in [0.15, 0.2) is 0 Å². The standard InChI is InChI=1S/C12H10O3P.K/c13-16(14-11-7-3-1-4-8-11)15-12-9-5-2-6-10-12;/h1-10H;/q-1;+1. The van der Waals surface area contributed by atoms with Crippen LogP contribution < -0.4 is 65.3 Å². The molecule has 0 saturated heterocycles. The van der Waals surface area contributed by atoms with Gasteiger partial charge in [-0.15, -0.1) is 0 Å². The Labute approximate surface area is 144 Å². The molecule has 0 saturated carbocycles. The normalized spacial score (nSPS) is 9.53. The molecule has 82 valence electrons. The third-order valence-electron chi connectivity index (χ3n) is 1.85. The number of hydrogen-bond acceptors (Lipinski definition) is 3. The van der Waals surface area contributed by atoms with E-state index in [1.165, 1.54) is 0 Å². The Morgan fingerprint density at radius 1 is 0.706 bits per heavy atom. The van der Waals surface area contributed by atoms with Crippen molar-refractivity contribution in [1.29, 1.82) is 0 Å². The average molecular weight is 272 g/mol. The molecular weight excluding hydrogens is 262 g/mol. The average Bonchev–Trinajstić information content (AvgIpc) is 2.31. The van der Waals surface area contributed by atoms with Crippen LogP contribution in [0.4, 0.5) is 0 Å². The fourth-order valence-electron chi connectivity index (χ4n) is 1.15. The maximum atomic E-state index is 11.5. The van der Waals surface area contributed by atoms with Crippen molar-refractivity contribution in [1.82, 2.24) is 0 Å². The Hall–Kier alpha value is 0.0664. The van der Waals surface area contributed by atoms with E-state index < -0.39 is 8.60 Å². The number of rotatable bonds is 4. The first kappa shape index (κ1) is 15.1. The van der Waals surface area contributed by atoms with Crippen LogP contribution in [-0.2, 0) is 0 Å². The molecule has 0 fully saturated rings. The van der Waals surface area contributed by atoms with Gasteiger partial charge in [-0.3, -0.25) is 0 Å². The van der Waals surface area contributed by atoms with Gasteiger partial charge in [0.1, 0.15) is 11.5 Å². The molecule has 0 aliphatic heterocycles. The van der Waals surface area contributed by atoms with Crippen molar-refractivity contribution in [2.24, 2.45) is 0 Å². The molecule has 3 nitrogen and oxygen atoms in total. The zero-order valence-electron chi connectivity index (χ0n) is 9.45. The Kier molecular flexibility index (Phi) is 7.31. The van der Waals surface area contributed by atoms with Crippen LogP contribution in [0.2, 0.25) is 0 Å². The van der Waals surface area contributed by atoms with E-state index in [2.05, 4.69) is 0 Å². The topological polar surface area (TPSA) is 41.5 Å². The Bertz CT molecular complexity index is 383. The van der Waals surface area contributed by atoms with Gasteiger partial charge < -0.3 is 13.9 Å². The molecule has 0 N–H and O–H groups in total. The summed E-state index contributed by atoms with van der Waals surface area (Å²) in [4.78, 5) is 11.5. The maximum Gasteiger partial charge on any atom is 1.00 e. The molecule has 0 aliphatic carbocycles. The van der Waals surface area contributed by atoms with Crippen LogP contribution in [0.1, 0.15) is 0 Å². The van der Waals surface area contributed by atoms with Gasteiger partial charge in [-0.05, 0) is 24.3 Å². The molecular formula is C12H10KO3P. The molecule has 0 aliphatic rings. The summed E-state index contributed by atoms with van der Waals surface area (Å²) >= 11 is 0. The fourth-order valence-corrected chi connectivity index (χ4v) is 1.78. The molecule has 0 amide bonds. The van der Waals surface area contributed by atoms with Crippen molar-refractivity contribution < 1.29 is 65.3 Å². The van der Waals surface area contributed by atoms with E-state index in [1.54, 1.807) is 48.5 Å². The second-order valence-corrected chi connectivity index (χ2v) is 3.84. The van der Waals surface area contributed by atoms with Crippen molar-refractivity contribution in [3.05, 3.63) is 60.7 Å². The predicted molar refractivity (Wildman–Crippen MR) is 61.1 cm³/mol. The minimum absolute atomic E-state index is 0. The van der Waals surface area contributed by atoms with Gasteiger partial charge >= 0.3 is 51.4 Å². The molecule has 0 heterocycles. The number of para-hydroxylation sites is 2. The van der Waals surface area contributed by atoms with E-state index in [0.29, 0.717) is 11.5 Å². The zero-order chi connectivity index (χ0) is 11.2. The van der Waals surface area contributed by atoms with Crippen LogP contribution in [0.5, 0.6) is 11.5 Å². The minimum Gasteiger partial charge on any atom is -0.765 e. The number of benzene rings is 2. The maximum absolute atomic E-state index is 11.5. The molecule has 0 atom stereocenters. The van der Waals surface area contributed by atoms with Crippen molar-refractivity contribution in [2.45, 2.75) is 0 Å². The molecule has 2 aromatic carbocycles. The van der Waals surface area contributed by atoms with Gasteiger partial charge in [-0.25, -0.2) is 0 Å². The predicted octanol–water partition coefficient (Wildman–Crippen LogP) is -0.264. The van der Waals surface area contributed by atoms with E-state index in [1.807, 2.05) is 12.1 Å². The number of hydrogen-bond donors (Lipinski definition) is 0. The molecule has 0 aromatic heterocycles. The molecule has 17 heavy (non-hydrogen) atoms. The summed E-state index contributed by atoms with van der Waals surface area (Å²) in [5.41, 5.74) is 0. The first-order valence-corrected chi connectivity index (χ1v) is 5.87. The van der Waals surface area contributed by atoms with Gasteiger partial charge in [-0.2, -0.15) is 0 Å². The molecule has 5 heteroatoms. The third kappa shape index (κ3) is 5.49. The zero-order valence-corrected chi connectivity index (χ0v) is 13.5. The van der Waals surface area contributed by atoms with Gasteiger partial charge in [0.2, 0.25) is 8.60 Å². The SMILES string of the molecule is [K+].[O-]P(Oc1ccccc1)Oc1ccccc1. The Balaban J connectivity index is 0.00000144. The summed E-state index contributed by atoms with van der Waals surface area (Å²) in [6.45, 7) is 0. The van der Waals surface area contributed by atoms with Crippen LogP contribution in [0.3, 0.4) is 0 Å². The van der Waals surface area contributed by atoms with E-state index in [9.17, 15) is 4.89 Å². The van der Waals surface area contributed by atoms with E-state index in [-0.39, 0.29) is 51.4 Å². The van der Waals surface area contributed by atoms with Crippen LogP contribution in [-0.4, -0.2) is 0 Å². The minimum atomic E-state index is -2.18. The van der Waals surface area contributed by atoms with Crippen molar-refractivity contribution in [2.75, 3.05) is 0 Å². The summed E-state index contributed by atoms with van der Waals surface area (Å²) in [5.74, 6) is 1.05. The molecule has 2 aromatic rings. The molecule has 0 radical (unpaired) electrons. The second-order valence-electron chi connectivity index (χ2n) is 3.03. The van der Waals surface area contributed by atoms with E-state index >= 15 is 0 Å². The monoisotopic (exact) mass is 272 g/mol. The summed E-state index contributed by atoms with van der Waals surface area (Å²) in [6, 6.07) is 17.8. The van der Waals surface area contributed by atoms with Crippen LogP contribution in [0.25, 0.3) is 0 Å². The fraction of sp³-hybridized carbons (Fsp3) is 0. The third-order valence-corrected chi connectivity index (χ3v) is 2.57. The van der Waals surface area contributed by atoms with E-state index in [0.717, 1.165) is 0 Å². The van der Waals surface area contributed by atoms with Crippen LogP contribution in [0.15, 0.2) is 60.7 Å². The molecule has 0 spiro atoms. The van der Waals surface area contributed by atoms with Gasteiger partial charge in [-0.1, -0.05) is 36.4 Å². The summed E-state index contributed by atoms with van der Waals surface area (Å²) in [5, 5.41) is 0. The summed E-state index contributed by atoms with van der Waals surface area (Å²) in [7, 11) is -2.18. The second kappa shape index (κ2) is 8.22.